The SMILES string of the molecule is CC(=O)C(=O)NC1CCN(C)CC1. The van der Waals surface area contributed by atoms with E-state index in [0.717, 1.165) is 25.9 Å². The maximum Gasteiger partial charge on any atom is 0.287 e. The van der Waals surface area contributed by atoms with Crippen LogP contribution in [0.4, 0.5) is 0 Å². The molecule has 0 aromatic rings. The molecule has 1 saturated heterocycles. The van der Waals surface area contributed by atoms with Gasteiger partial charge >= 0.3 is 0 Å². The molecule has 1 fully saturated rings. The number of rotatable bonds is 2. The third kappa shape index (κ3) is 3.14. The molecule has 1 amide bonds. The van der Waals surface area contributed by atoms with Gasteiger partial charge in [-0.3, -0.25) is 9.59 Å². The fraction of sp³-hybridized carbons (Fsp3) is 0.778. The van der Waals surface area contributed by atoms with Gasteiger partial charge in [0.2, 0.25) is 5.78 Å². The maximum absolute atomic E-state index is 11.0. The van der Waals surface area contributed by atoms with E-state index < -0.39 is 11.7 Å². The van der Waals surface area contributed by atoms with Crippen molar-refractivity contribution in [3.63, 3.8) is 0 Å². The quantitative estimate of drug-likeness (QED) is 0.604. The Morgan fingerprint density at radius 3 is 2.31 bits per heavy atom. The lowest BCUT2D eigenvalue weighted by molar-refractivity contribution is -0.137. The number of hydrogen-bond donors (Lipinski definition) is 1. The maximum atomic E-state index is 11.0. The molecule has 1 N–H and O–H groups in total. The first kappa shape index (κ1) is 10.2. The van der Waals surface area contributed by atoms with Crippen molar-refractivity contribution in [1.29, 1.82) is 0 Å². The first-order chi connectivity index (χ1) is 6.09. The van der Waals surface area contributed by atoms with Gasteiger partial charge in [-0.15, -0.1) is 0 Å². The standard InChI is InChI=1S/C9H16N2O2/c1-7(12)9(13)10-8-3-5-11(2)6-4-8/h8H,3-6H2,1-2H3,(H,10,13). The zero-order valence-corrected chi connectivity index (χ0v) is 8.17. The molecular weight excluding hydrogens is 168 g/mol. The highest BCUT2D eigenvalue weighted by Gasteiger charge is 2.19. The number of carbonyl (C=O) groups is 2. The Kier molecular flexibility index (Phi) is 3.42. The Labute approximate surface area is 78.3 Å². The lowest BCUT2D eigenvalue weighted by Crippen LogP contribution is -2.45. The molecule has 0 bridgehead atoms. The monoisotopic (exact) mass is 184 g/mol. The predicted molar refractivity (Wildman–Crippen MR) is 49.3 cm³/mol. The smallest absolute Gasteiger partial charge is 0.287 e. The minimum absolute atomic E-state index is 0.188. The normalized spacial score (nSPS) is 19.8. The minimum atomic E-state index is -0.449. The molecule has 1 aliphatic rings. The molecule has 0 aromatic heterocycles. The summed E-state index contributed by atoms with van der Waals surface area (Å²) in [5.74, 6) is -0.853. The molecule has 0 spiro atoms. The van der Waals surface area contributed by atoms with Crippen molar-refractivity contribution >= 4 is 11.7 Å². The minimum Gasteiger partial charge on any atom is -0.347 e. The van der Waals surface area contributed by atoms with Crippen LogP contribution in [0.1, 0.15) is 19.8 Å². The van der Waals surface area contributed by atoms with Crippen LogP contribution in [0.2, 0.25) is 0 Å². The van der Waals surface area contributed by atoms with E-state index in [1.165, 1.54) is 6.92 Å². The molecule has 0 unspecified atom stereocenters. The van der Waals surface area contributed by atoms with Gasteiger partial charge in [0, 0.05) is 13.0 Å². The third-order valence-corrected chi connectivity index (χ3v) is 2.37. The number of nitrogens with zero attached hydrogens (tertiary/aromatic N) is 1. The summed E-state index contributed by atoms with van der Waals surface area (Å²) >= 11 is 0. The Bertz CT molecular complexity index is 208. The third-order valence-electron chi connectivity index (χ3n) is 2.37. The highest BCUT2D eigenvalue weighted by atomic mass is 16.2. The largest absolute Gasteiger partial charge is 0.347 e. The lowest BCUT2D eigenvalue weighted by atomic mass is 10.1. The van der Waals surface area contributed by atoms with Crippen LogP contribution >= 0.6 is 0 Å². The lowest BCUT2D eigenvalue weighted by Gasteiger charge is -2.29. The highest BCUT2D eigenvalue weighted by Crippen LogP contribution is 2.07. The molecule has 0 atom stereocenters. The van der Waals surface area contributed by atoms with Gasteiger partial charge < -0.3 is 10.2 Å². The molecule has 0 saturated carbocycles. The molecule has 4 heteroatoms. The van der Waals surface area contributed by atoms with Crippen LogP contribution in [0.15, 0.2) is 0 Å². The number of nitrogens with one attached hydrogen (secondary N) is 1. The van der Waals surface area contributed by atoms with Gasteiger partial charge in [0.05, 0.1) is 0 Å². The van der Waals surface area contributed by atoms with Crippen LogP contribution in [0.3, 0.4) is 0 Å². The Hall–Kier alpha value is -0.900. The van der Waals surface area contributed by atoms with E-state index in [1.54, 1.807) is 0 Å². The summed E-state index contributed by atoms with van der Waals surface area (Å²) in [6, 6.07) is 0.188. The van der Waals surface area contributed by atoms with Crippen molar-refractivity contribution < 1.29 is 9.59 Å². The van der Waals surface area contributed by atoms with E-state index in [0.29, 0.717) is 0 Å². The van der Waals surface area contributed by atoms with Gasteiger partial charge in [-0.1, -0.05) is 0 Å². The fourth-order valence-electron chi connectivity index (χ4n) is 1.44. The van der Waals surface area contributed by atoms with Crippen molar-refractivity contribution in [2.24, 2.45) is 0 Å². The molecule has 4 nitrogen and oxygen atoms in total. The second kappa shape index (κ2) is 4.37. The van der Waals surface area contributed by atoms with Crippen LogP contribution in [0, 0.1) is 0 Å². The van der Waals surface area contributed by atoms with E-state index in [4.69, 9.17) is 0 Å². The second-order valence-electron chi connectivity index (χ2n) is 3.61. The van der Waals surface area contributed by atoms with Gasteiger partial charge in [0.1, 0.15) is 0 Å². The molecule has 0 radical (unpaired) electrons. The summed E-state index contributed by atoms with van der Waals surface area (Å²) in [5.41, 5.74) is 0. The average molecular weight is 184 g/mol. The number of ketones is 1. The summed E-state index contributed by atoms with van der Waals surface area (Å²) < 4.78 is 0. The number of likely N-dealkylation sites (tertiary alicyclic amines) is 1. The van der Waals surface area contributed by atoms with Crippen LogP contribution in [-0.4, -0.2) is 42.8 Å². The van der Waals surface area contributed by atoms with Crippen LogP contribution < -0.4 is 5.32 Å². The molecule has 1 aliphatic heterocycles. The number of Topliss-reactive ketones (excluding diaryl/α,β-unsaturated/α-hetero) is 1. The van der Waals surface area contributed by atoms with E-state index in [9.17, 15) is 9.59 Å². The summed E-state index contributed by atoms with van der Waals surface area (Å²) in [6.45, 7) is 3.27. The second-order valence-corrected chi connectivity index (χ2v) is 3.61. The first-order valence-corrected chi connectivity index (χ1v) is 4.59. The van der Waals surface area contributed by atoms with Crippen molar-refractivity contribution in [3.8, 4) is 0 Å². The summed E-state index contributed by atoms with van der Waals surface area (Å²) in [4.78, 5) is 23.9. The van der Waals surface area contributed by atoms with Crippen molar-refractivity contribution in [2.75, 3.05) is 20.1 Å². The predicted octanol–water partition coefficient (Wildman–Crippen LogP) is -0.214. The number of hydrogen-bond acceptors (Lipinski definition) is 3. The van der Waals surface area contributed by atoms with Crippen molar-refractivity contribution in [1.82, 2.24) is 10.2 Å². The van der Waals surface area contributed by atoms with Gasteiger partial charge in [0.25, 0.3) is 5.91 Å². The molecule has 0 aliphatic carbocycles. The Morgan fingerprint density at radius 2 is 1.85 bits per heavy atom. The summed E-state index contributed by atoms with van der Waals surface area (Å²) in [6.07, 6.45) is 1.88. The van der Waals surface area contributed by atoms with E-state index in [-0.39, 0.29) is 6.04 Å². The highest BCUT2D eigenvalue weighted by molar-refractivity contribution is 6.35. The number of amides is 1. The number of carbonyl (C=O) groups excluding carboxylic acids is 2. The topological polar surface area (TPSA) is 49.4 Å². The molecule has 0 aromatic carbocycles. The average Bonchev–Trinajstić information content (AvgIpc) is 2.08. The van der Waals surface area contributed by atoms with Gasteiger partial charge in [0.15, 0.2) is 0 Å². The summed E-state index contributed by atoms with van der Waals surface area (Å²) in [5, 5.41) is 2.72. The number of piperidine rings is 1. The van der Waals surface area contributed by atoms with Crippen LogP contribution in [0.25, 0.3) is 0 Å². The van der Waals surface area contributed by atoms with Crippen molar-refractivity contribution in [3.05, 3.63) is 0 Å². The fourth-order valence-corrected chi connectivity index (χ4v) is 1.44. The molecular formula is C9H16N2O2. The molecule has 1 rings (SSSR count). The molecule has 74 valence electrons. The van der Waals surface area contributed by atoms with Crippen molar-refractivity contribution in [2.45, 2.75) is 25.8 Å². The molecule has 13 heavy (non-hydrogen) atoms. The first-order valence-electron chi connectivity index (χ1n) is 4.59. The zero-order chi connectivity index (χ0) is 9.84. The van der Waals surface area contributed by atoms with Crippen LogP contribution in [0.5, 0.6) is 0 Å². The van der Waals surface area contributed by atoms with Gasteiger partial charge in [-0.05, 0) is 33.0 Å². The zero-order valence-electron chi connectivity index (χ0n) is 8.17. The van der Waals surface area contributed by atoms with Crippen LogP contribution in [-0.2, 0) is 9.59 Å². The van der Waals surface area contributed by atoms with E-state index in [1.807, 2.05) is 0 Å². The Balaban J connectivity index is 2.30. The van der Waals surface area contributed by atoms with E-state index in [2.05, 4.69) is 17.3 Å². The van der Waals surface area contributed by atoms with Gasteiger partial charge in [-0.2, -0.15) is 0 Å². The van der Waals surface area contributed by atoms with Gasteiger partial charge in [-0.25, -0.2) is 0 Å². The van der Waals surface area contributed by atoms with E-state index >= 15 is 0 Å². The summed E-state index contributed by atoms with van der Waals surface area (Å²) in [7, 11) is 2.06. The Morgan fingerprint density at radius 1 is 1.31 bits per heavy atom. The molecule has 1 heterocycles.